The minimum absolute atomic E-state index is 0.0540. The van der Waals surface area contributed by atoms with E-state index in [4.69, 9.17) is 0 Å². The number of pyridine rings is 1. The second-order valence-electron chi connectivity index (χ2n) is 5.73. The zero-order valence-electron chi connectivity index (χ0n) is 13.4. The van der Waals surface area contributed by atoms with Crippen molar-refractivity contribution in [1.29, 1.82) is 0 Å². The zero-order valence-corrected chi connectivity index (χ0v) is 13.4. The lowest BCUT2D eigenvalue weighted by Crippen LogP contribution is -2.51. The van der Waals surface area contributed by atoms with Crippen LogP contribution >= 0.6 is 0 Å². The predicted molar refractivity (Wildman–Crippen MR) is 88.8 cm³/mol. The molecule has 7 nitrogen and oxygen atoms in total. The molecule has 1 aliphatic heterocycles. The van der Waals surface area contributed by atoms with Gasteiger partial charge < -0.3 is 19.5 Å². The van der Waals surface area contributed by atoms with Gasteiger partial charge >= 0.3 is 6.09 Å². The SMILES string of the molecule is COC(=O)N1CCN(C(=O)Cc2cc3ccccc3[nH]c2=O)CC1. The zero-order chi connectivity index (χ0) is 17.1. The molecule has 1 aromatic heterocycles. The van der Waals surface area contributed by atoms with Gasteiger partial charge in [0.15, 0.2) is 0 Å². The average molecular weight is 329 g/mol. The number of hydrogen-bond donors (Lipinski definition) is 1. The summed E-state index contributed by atoms with van der Waals surface area (Å²) in [6.45, 7) is 1.76. The number of aromatic nitrogens is 1. The van der Waals surface area contributed by atoms with Crippen molar-refractivity contribution in [1.82, 2.24) is 14.8 Å². The first kappa shape index (κ1) is 16.0. The summed E-state index contributed by atoms with van der Waals surface area (Å²) in [5, 5.41) is 0.899. The number of piperazine rings is 1. The molecule has 1 saturated heterocycles. The fourth-order valence-electron chi connectivity index (χ4n) is 2.87. The van der Waals surface area contributed by atoms with Crippen LogP contribution in [0.5, 0.6) is 0 Å². The van der Waals surface area contributed by atoms with E-state index in [1.54, 1.807) is 15.9 Å². The molecule has 126 valence electrons. The molecule has 1 N–H and O–H groups in total. The Morgan fingerprint density at radius 1 is 1.12 bits per heavy atom. The molecule has 1 aromatic carbocycles. The molecule has 0 saturated carbocycles. The molecule has 0 aliphatic carbocycles. The number of nitrogens with zero attached hydrogens (tertiary/aromatic N) is 2. The van der Waals surface area contributed by atoms with Crippen molar-refractivity contribution >= 4 is 22.9 Å². The fourth-order valence-corrected chi connectivity index (χ4v) is 2.87. The van der Waals surface area contributed by atoms with Crippen molar-refractivity contribution in [3.05, 3.63) is 46.2 Å². The van der Waals surface area contributed by atoms with Gasteiger partial charge in [-0.15, -0.1) is 0 Å². The van der Waals surface area contributed by atoms with Gasteiger partial charge in [-0.3, -0.25) is 9.59 Å². The Kier molecular flexibility index (Phi) is 4.50. The van der Waals surface area contributed by atoms with Gasteiger partial charge in [0, 0.05) is 37.3 Å². The summed E-state index contributed by atoms with van der Waals surface area (Å²) in [6.07, 6.45) is -0.327. The topological polar surface area (TPSA) is 82.7 Å². The Labute approximate surface area is 138 Å². The summed E-state index contributed by atoms with van der Waals surface area (Å²) in [7, 11) is 1.34. The number of carbonyl (C=O) groups excluding carboxylic acids is 2. The van der Waals surface area contributed by atoms with Gasteiger partial charge in [0.2, 0.25) is 5.91 Å². The number of amides is 2. The lowest BCUT2D eigenvalue weighted by Gasteiger charge is -2.33. The van der Waals surface area contributed by atoms with Gasteiger partial charge in [-0.2, -0.15) is 0 Å². The van der Waals surface area contributed by atoms with E-state index in [1.807, 2.05) is 24.3 Å². The van der Waals surface area contributed by atoms with Crippen LogP contribution in [0.25, 0.3) is 10.9 Å². The van der Waals surface area contributed by atoms with Crippen LogP contribution in [0.15, 0.2) is 35.1 Å². The van der Waals surface area contributed by atoms with Crippen molar-refractivity contribution in [3.8, 4) is 0 Å². The smallest absolute Gasteiger partial charge is 0.409 e. The van der Waals surface area contributed by atoms with Crippen molar-refractivity contribution in [2.45, 2.75) is 6.42 Å². The van der Waals surface area contributed by atoms with Crippen LogP contribution in [0.1, 0.15) is 5.56 Å². The summed E-state index contributed by atoms with van der Waals surface area (Å²) < 4.78 is 4.68. The molecular weight excluding hydrogens is 310 g/mol. The second kappa shape index (κ2) is 6.74. The van der Waals surface area contributed by atoms with E-state index >= 15 is 0 Å². The number of benzene rings is 1. The minimum atomic E-state index is -0.381. The van der Waals surface area contributed by atoms with Gasteiger partial charge in [0.25, 0.3) is 5.56 Å². The summed E-state index contributed by atoms with van der Waals surface area (Å²) in [6, 6.07) is 9.22. The number of nitrogens with one attached hydrogen (secondary N) is 1. The van der Waals surface area contributed by atoms with Crippen LogP contribution in [0, 0.1) is 0 Å². The Morgan fingerprint density at radius 2 is 1.79 bits per heavy atom. The summed E-state index contributed by atoms with van der Waals surface area (Å²) in [5.41, 5.74) is 0.967. The Balaban J connectivity index is 1.68. The highest BCUT2D eigenvalue weighted by Gasteiger charge is 2.24. The van der Waals surface area contributed by atoms with Crippen LogP contribution < -0.4 is 5.56 Å². The van der Waals surface area contributed by atoms with Crippen LogP contribution in [-0.2, 0) is 16.0 Å². The third-order valence-electron chi connectivity index (χ3n) is 4.24. The first-order valence-corrected chi connectivity index (χ1v) is 7.80. The molecule has 3 rings (SSSR count). The minimum Gasteiger partial charge on any atom is -0.453 e. The number of para-hydroxylation sites is 1. The van der Waals surface area contributed by atoms with Crippen molar-refractivity contribution in [2.75, 3.05) is 33.3 Å². The van der Waals surface area contributed by atoms with E-state index < -0.39 is 0 Å². The molecule has 0 unspecified atom stereocenters. The van der Waals surface area contributed by atoms with Crippen molar-refractivity contribution < 1.29 is 14.3 Å². The number of rotatable bonds is 2. The molecule has 0 spiro atoms. The largest absolute Gasteiger partial charge is 0.453 e. The Morgan fingerprint density at radius 3 is 2.50 bits per heavy atom. The van der Waals surface area contributed by atoms with E-state index in [2.05, 4.69) is 9.72 Å². The van der Waals surface area contributed by atoms with E-state index in [0.717, 1.165) is 10.9 Å². The highest BCUT2D eigenvalue weighted by atomic mass is 16.5. The van der Waals surface area contributed by atoms with Crippen molar-refractivity contribution in [3.63, 3.8) is 0 Å². The number of methoxy groups -OCH3 is 1. The quantitative estimate of drug-likeness (QED) is 0.890. The Bertz CT molecular complexity index is 822. The van der Waals surface area contributed by atoms with Gasteiger partial charge in [0.05, 0.1) is 13.5 Å². The van der Waals surface area contributed by atoms with Gasteiger partial charge in [-0.1, -0.05) is 18.2 Å². The molecule has 0 bridgehead atoms. The number of fused-ring (bicyclic) bond motifs is 1. The van der Waals surface area contributed by atoms with E-state index in [0.29, 0.717) is 31.7 Å². The number of ether oxygens (including phenoxy) is 1. The average Bonchev–Trinajstić information content (AvgIpc) is 2.61. The first-order valence-electron chi connectivity index (χ1n) is 7.80. The molecule has 2 heterocycles. The number of aromatic amines is 1. The number of H-pyrrole nitrogens is 1. The maximum atomic E-state index is 12.4. The van der Waals surface area contributed by atoms with E-state index in [1.165, 1.54) is 7.11 Å². The molecular formula is C17H19N3O4. The van der Waals surface area contributed by atoms with Gasteiger partial charge in [0.1, 0.15) is 0 Å². The third-order valence-corrected chi connectivity index (χ3v) is 4.24. The van der Waals surface area contributed by atoms with Crippen LogP contribution in [0.2, 0.25) is 0 Å². The Hall–Kier alpha value is -2.83. The second-order valence-corrected chi connectivity index (χ2v) is 5.73. The van der Waals surface area contributed by atoms with E-state index in [9.17, 15) is 14.4 Å². The van der Waals surface area contributed by atoms with Crippen molar-refractivity contribution in [2.24, 2.45) is 0 Å². The predicted octanol–water partition coefficient (Wildman–Crippen LogP) is 0.981. The molecule has 1 fully saturated rings. The maximum absolute atomic E-state index is 12.4. The fraction of sp³-hybridized carbons (Fsp3) is 0.353. The number of carbonyl (C=O) groups is 2. The lowest BCUT2D eigenvalue weighted by atomic mass is 10.1. The third kappa shape index (κ3) is 3.24. The molecule has 2 amide bonds. The summed E-state index contributed by atoms with van der Waals surface area (Å²) in [5.74, 6) is -0.111. The summed E-state index contributed by atoms with van der Waals surface area (Å²) in [4.78, 5) is 42.1. The normalized spacial score (nSPS) is 14.7. The van der Waals surface area contributed by atoms with Gasteiger partial charge in [-0.05, 0) is 17.5 Å². The molecule has 7 heteroatoms. The van der Waals surface area contributed by atoms with Crippen LogP contribution in [0.3, 0.4) is 0 Å². The maximum Gasteiger partial charge on any atom is 0.409 e. The standard InChI is InChI=1S/C17H19N3O4/c1-24-17(23)20-8-6-19(7-9-20)15(21)11-13-10-12-4-2-3-5-14(12)18-16(13)22/h2-5,10H,6-9,11H2,1H3,(H,18,22). The highest BCUT2D eigenvalue weighted by Crippen LogP contribution is 2.12. The first-order chi connectivity index (χ1) is 11.6. The highest BCUT2D eigenvalue weighted by molar-refractivity contribution is 5.83. The number of hydrogen-bond acceptors (Lipinski definition) is 4. The lowest BCUT2D eigenvalue weighted by molar-refractivity contribution is -0.132. The monoisotopic (exact) mass is 329 g/mol. The van der Waals surface area contributed by atoms with Gasteiger partial charge in [-0.25, -0.2) is 4.79 Å². The molecule has 0 atom stereocenters. The van der Waals surface area contributed by atoms with Crippen LogP contribution in [-0.4, -0.2) is 60.1 Å². The summed E-state index contributed by atoms with van der Waals surface area (Å²) >= 11 is 0. The van der Waals surface area contributed by atoms with Crippen LogP contribution in [0.4, 0.5) is 4.79 Å². The molecule has 2 aromatic rings. The molecule has 1 aliphatic rings. The van der Waals surface area contributed by atoms with E-state index in [-0.39, 0.29) is 24.0 Å². The molecule has 24 heavy (non-hydrogen) atoms. The molecule has 0 radical (unpaired) electrons.